The number of nitrogens with zero attached hydrogens (tertiary/aromatic N) is 2. The third kappa shape index (κ3) is 3.07. The van der Waals surface area contributed by atoms with Crippen LogP contribution in [0.25, 0.3) is 0 Å². The molecule has 0 atom stereocenters. The minimum absolute atomic E-state index is 0.335. The van der Waals surface area contributed by atoms with Crippen molar-refractivity contribution < 1.29 is 14.3 Å². The summed E-state index contributed by atoms with van der Waals surface area (Å²) in [6.45, 7) is 2.94. The normalized spacial score (nSPS) is 15.5. The quantitative estimate of drug-likeness (QED) is 0.811. The van der Waals surface area contributed by atoms with Gasteiger partial charge in [0.2, 0.25) is 5.88 Å². The Balaban J connectivity index is 1.92. The van der Waals surface area contributed by atoms with E-state index in [2.05, 4.69) is 10.3 Å². The van der Waals surface area contributed by atoms with Crippen LogP contribution < -0.4 is 14.8 Å². The minimum atomic E-state index is -0.335. The van der Waals surface area contributed by atoms with Gasteiger partial charge in [-0.25, -0.2) is 9.78 Å². The molecule has 0 bridgehead atoms. The molecule has 0 aliphatic carbocycles. The Hall–Kier alpha value is -1.82. The Morgan fingerprint density at radius 1 is 1.41 bits per heavy atom. The fourth-order valence-electron chi connectivity index (χ4n) is 1.56. The predicted octanol–water partition coefficient (Wildman–Crippen LogP) is 0.494. The first-order valence-electron chi connectivity index (χ1n) is 5.47. The highest BCUT2D eigenvalue weighted by molar-refractivity contribution is 5.70. The molecule has 17 heavy (non-hydrogen) atoms. The van der Waals surface area contributed by atoms with Crippen LogP contribution in [-0.4, -0.2) is 49.3 Å². The number of hydrogen-bond donors (Lipinski definition) is 1. The molecule has 1 saturated heterocycles. The molecule has 1 aromatic rings. The van der Waals surface area contributed by atoms with Gasteiger partial charge in [-0.3, -0.25) is 0 Å². The van der Waals surface area contributed by atoms with Crippen molar-refractivity contribution in [2.45, 2.75) is 0 Å². The maximum atomic E-state index is 11.7. The molecular weight excluding hydrogens is 222 g/mol. The van der Waals surface area contributed by atoms with E-state index in [1.807, 2.05) is 0 Å². The molecule has 0 saturated carbocycles. The van der Waals surface area contributed by atoms with Crippen LogP contribution in [0.1, 0.15) is 0 Å². The van der Waals surface area contributed by atoms with Crippen LogP contribution in [0, 0.1) is 0 Å². The van der Waals surface area contributed by atoms with Crippen LogP contribution in [0.4, 0.5) is 4.79 Å². The molecule has 6 nitrogen and oxygen atoms in total. The van der Waals surface area contributed by atoms with E-state index in [1.165, 1.54) is 13.3 Å². The number of methoxy groups -OCH3 is 1. The molecule has 1 N–H and O–H groups in total. The van der Waals surface area contributed by atoms with E-state index in [0.29, 0.717) is 24.7 Å². The molecule has 1 fully saturated rings. The first-order chi connectivity index (χ1) is 8.29. The highest BCUT2D eigenvalue weighted by Gasteiger charge is 2.18. The fourth-order valence-corrected chi connectivity index (χ4v) is 1.56. The van der Waals surface area contributed by atoms with E-state index < -0.39 is 0 Å². The summed E-state index contributed by atoms with van der Waals surface area (Å²) in [6.07, 6.45) is 1.14. The van der Waals surface area contributed by atoms with Gasteiger partial charge in [-0.15, -0.1) is 0 Å². The van der Waals surface area contributed by atoms with E-state index in [1.54, 1.807) is 17.0 Å². The number of rotatable bonds is 2. The molecule has 0 unspecified atom stereocenters. The Labute approximate surface area is 99.5 Å². The Kier molecular flexibility index (Phi) is 3.77. The first-order valence-corrected chi connectivity index (χ1v) is 5.47. The van der Waals surface area contributed by atoms with Crippen molar-refractivity contribution in [1.29, 1.82) is 0 Å². The summed E-state index contributed by atoms with van der Waals surface area (Å²) in [4.78, 5) is 17.4. The number of pyridine rings is 1. The van der Waals surface area contributed by atoms with Gasteiger partial charge >= 0.3 is 6.09 Å². The zero-order chi connectivity index (χ0) is 12.1. The lowest BCUT2D eigenvalue weighted by Gasteiger charge is -2.26. The minimum Gasteiger partial charge on any atom is -0.481 e. The second kappa shape index (κ2) is 5.49. The summed E-state index contributed by atoms with van der Waals surface area (Å²) in [5.74, 6) is 0.918. The molecule has 2 heterocycles. The summed E-state index contributed by atoms with van der Waals surface area (Å²) in [7, 11) is 1.54. The highest BCUT2D eigenvalue weighted by Crippen LogP contribution is 2.14. The molecule has 0 radical (unpaired) electrons. The Morgan fingerprint density at radius 3 is 2.76 bits per heavy atom. The Morgan fingerprint density at radius 2 is 2.18 bits per heavy atom. The van der Waals surface area contributed by atoms with Gasteiger partial charge < -0.3 is 19.7 Å². The van der Waals surface area contributed by atoms with Gasteiger partial charge in [-0.05, 0) is 6.07 Å². The van der Waals surface area contributed by atoms with Crippen LogP contribution in [0.5, 0.6) is 11.6 Å². The lowest BCUT2D eigenvalue weighted by Crippen LogP contribution is -2.47. The van der Waals surface area contributed by atoms with Crippen LogP contribution in [0.15, 0.2) is 18.3 Å². The summed E-state index contributed by atoms with van der Waals surface area (Å²) < 4.78 is 10.1. The van der Waals surface area contributed by atoms with Crippen LogP contribution in [0.3, 0.4) is 0 Å². The van der Waals surface area contributed by atoms with E-state index in [4.69, 9.17) is 9.47 Å². The van der Waals surface area contributed by atoms with Crippen molar-refractivity contribution in [3.8, 4) is 11.6 Å². The lowest BCUT2D eigenvalue weighted by molar-refractivity contribution is 0.145. The number of piperazine rings is 1. The van der Waals surface area contributed by atoms with Gasteiger partial charge in [0.05, 0.1) is 13.3 Å². The number of aromatic nitrogens is 1. The van der Waals surface area contributed by atoms with Gasteiger partial charge in [-0.1, -0.05) is 0 Å². The molecule has 1 amide bonds. The van der Waals surface area contributed by atoms with E-state index in [9.17, 15) is 4.79 Å². The second-order valence-corrected chi connectivity index (χ2v) is 3.64. The van der Waals surface area contributed by atoms with E-state index in [0.717, 1.165) is 13.1 Å². The number of carbonyl (C=O) groups is 1. The second-order valence-electron chi connectivity index (χ2n) is 3.64. The maximum Gasteiger partial charge on any atom is 0.415 e. The van der Waals surface area contributed by atoms with Crippen molar-refractivity contribution in [2.75, 3.05) is 33.3 Å². The third-order valence-electron chi connectivity index (χ3n) is 2.50. The number of amides is 1. The van der Waals surface area contributed by atoms with E-state index in [-0.39, 0.29) is 6.09 Å². The molecular formula is C11H15N3O3. The molecule has 1 aromatic heterocycles. The molecule has 0 aromatic carbocycles. The summed E-state index contributed by atoms with van der Waals surface area (Å²) >= 11 is 0. The smallest absolute Gasteiger partial charge is 0.415 e. The van der Waals surface area contributed by atoms with E-state index >= 15 is 0 Å². The zero-order valence-corrected chi connectivity index (χ0v) is 9.68. The predicted molar refractivity (Wildman–Crippen MR) is 61.3 cm³/mol. The van der Waals surface area contributed by atoms with Crippen LogP contribution >= 0.6 is 0 Å². The average molecular weight is 237 g/mol. The number of nitrogens with one attached hydrogen (secondary N) is 1. The largest absolute Gasteiger partial charge is 0.481 e. The molecule has 92 valence electrons. The molecule has 1 aliphatic heterocycles. The van der Waals surface area contributed by atoms with Crippen molar-refractivity contribution in [3.63, 3.8) is 0 Å². The van der Waals surface area contributed by atoms with Gasteiger partial charge in [0, 0.05) is 32.2 Å². The van der Waals surface area contributed by atoms with Gasteiger partial charge in [0.1, 0.15) is 0 Å². The monoisotopic (exact) mass is 237 g/mol. The first kappa shape index (κ1) is 11.7. The molecule has 2 rings (SSSR count). The van der Waals surface area contributed by atoms with Crippen molar-refractivity contribution in [1.82, 2.24) is 15.2 Å². The number of hydrogen-bond acceptors (Lipinski definition) is 5. The topological polar surface area (TPSA) is 63.7 Å². The highest BCUT2D eigenvalue weighted by atomic mass is 16.6. The number of carbonyl (C=O) groups excluding carboxylic acids is 1. The van der Waals surface area contributed by atoms with Crippen molar-refractivity contribution in [3.05, 3.63) is 18.3 Å². The van der Waals surface area contributed by atoms with Crippen LogP contribution in [-0.2, 0) is 0 Å². The standard InChI is InChI=1S/C11H15N3O3/c1-16-10-3-2-9(8-13-10)17-11(15)14-6-4-12-5-7-14/h2-3,8,12H,4-7H2,1H3. The molecule has 0 spiro atoms. The zero-order valence-electron chi connectivity index (χ0n) is 9.68. The number of ether oxygens (including phenoxy) is 2. The van der Waals surface area contributed by atoms with Crippen molar-refractivity contribution >= 4 is 6.09 Å². The fraction of sp³-hybridized carbons (Fsp3) is 0.455. The summed E-state index contributed by atoms with van der Waals surface area (Å²) in [6, 6.07) is 3.31. The maximum absolute atomic E-state index is 11.7. The van der Waals surface area contributed by atoms with Crippen LogP contribution in [0.2, 0.25) is 0 Å². The van der Waals surface area contributed by atoms with Gasteiger partial charge in [0.15, 0.2) is 5.75 Å². The summed E-state index contributed by atoms with van der Waals surface area (Å²) in [5, 5.41) is 3.17. The SMILES string of the molecule is COc1ccc(OC(=O)N2CCNCC2)cn1. The Bertz CT molecular complexity index is 374. The van der Waals surface area contributed by atoms with Gasteiger partial charge in [-0.2, -0.15) is 0 Å². The molecule has 1 aliphatic rings. The van der Waals surface area contributed by atoms with Gasteiger partial charge in [0.25, 0.3) is 0 Å². The summed E-state index contributed by atoms with van der Waals surface area (Å²) in [5.41, 5.74) is 0. The lowest BCUT2D eigenvalue weighted by atomic mass is 10.4. The average Bonchev–Trinajstić information content (AvgIpc) is 2.40. The third-order valence-corrected chi connectivity index (χ3v) is 2.50. The molecule has 6 heteroatoms. The van der Waals surface area contributed by atoms with Crippen molar-refractivity contribution in [2.24, 2.45) is 0 Å².